The van der Waals surface area contributed by atoms with Gasteiger partial charge in [0.15, 0.2) is 0 Å². The van der Waals surface area contributed by atoms with E-state index in [4.69, 9.17) is 16.7 Å². The molecule has 1 atom stereocenters. The van der Waals surface area contributed by atoms with Crippen LogP contribution in [0.15, 0.2) is 12.1 Å². The van der Waals surface area contributed by atoms with Crippen molar-refractivity contribution in [3.8, 4) is 5.75 Å². The molecule has 2 rings (SSSR count). The van der Waals surface area contributed by atoms with Crippen LogP contribution in [-0.4, -0.2) is 53.8 Å². The molecule has 1 aliphatic heterocycles. The van der Waals surface area contributed by atoms with E-state index in [0.717, 1.165) is 0 Å². The highest BCUT2D eigenvalue weighted by Gasteiger charge is 2.45. The van der Waals surface area contributed by atoms with Crippen LogP contribution in [0, 0.1) is 6.92 Å². The van der Waals surface area contributed by atoms with E-state index in [-0.39, 0.29) is 16.3 Å². The Labute approximate surface area is 127 Å². The molecule has 1 heterocycles. The maximum atomic E-state index is 14.3. The molecule has 1 saturated heterocycles. The minimum absolute atomic E-state index is 0.0564. The Bertz CT molecular complexity index is 508. The van der Waals surface area contributed by atoms with Gasteiger partial charge in [0.1, 0.15) is 18.4 Å². The molecule has 0 amide bonds. The largest absolute Gasteiger partial charge is 0.507 e. The number of halogens is 3. The minimum atomic E-state index is -3.37. The number of hydrogen-bond acceptors (Lipinski definition) is 4. The molecule has 0 radical (unpaired) electrons. The van der Waals surface area contributed by atoms with Crippen LogP contribution in [0.25, 0.3) is 0 Å². The van der Waals surface area contributed by atoms with Crippen molar-refractivity contribution in [2.75, 3.05) is 32.8 Å². The Kier molecular flexibility index (Phi) is 5.03. The lowest BCUT2D eigenvalue weighted by Gasteiger charge is -2.39. The van der Waals surface area contributed by atoms with Crippen LogP contribution in [0.5, 0.6) is 5.75 Å². The van der Waals surface area contributed by atoms with E-state index in [1.807, 2.05) is 0 Å². The number of nitrogens with zero attached hydrogens (tertiary/aromatic N) is 1. The molecule has 0 unspecified atom stereocenters. The highest BCUT2D eigenvalue weighted by Crippen LogP contribution is 2.42. The van der Waals surface area contributed by atoms with Crippen molar-refractivity contribution >= 4 is 11.6 Å². The molecule has 3 N–H and O–H groups in total. The summed E-state index contributed by atoms with van der Waals surface area (Å²) in [6.45, 7) is 2.30. The third-order valence-electron chi connectivity index (χ3n) is 3.72. The SMILES string of the molecule is Cc1cc(Cl)cc([C@H](N2CCNCC2)C(F)(F)CO)c1O. The molecular formula is C14H19ClF2N2O2. The van der Waals surface area contributed by atoms with Gasteiger partial charge in [-0.2, -0.15) is 0 Å². The zero-order chi connectivity index (χ0) is 15.6. The predicted octanol–water partition coefficient (Wildman–Crippen LogP) is 1.93. The molecule has 1 aliphatic rings. The fourth-order valence-corrected chi connectivity index (χ4v) is 2.97. The van der Waals surface area contributed by atoms with Gasteiger partial charge in [-0.3, -0.25) is 4.90 Å². The number of aliphatic hydroxyl groups is 1. The monoisotopic (exact) mass is 320 g/mol. The van der Waals surface area contributed by atoms with Gasteiger partial charge in [0.25, 0.3) is 5.92 Å². The Hall–Kier alpha value is -0.950. The molecule has 0 aliphatic carbocycles. The Morgan fingerprint density at radius 1 is 1.38 bits per heavy atom. The van der Waals surface area contributed by atoms with Crippen LogP contribution in [0.1, 0.15) is 17.2 Å². The van der Waals surface area contributed by atoms with Gasteiger partial charge in [0.05, 0.1) is 0 Å². The molecule has 118 valence electrons. The van der Waals surface area contributed by atoms with E-state index in [2.05, 4.69) is 5.32 Å². The Morgan fingerprint density at radius 2 is 2.00 bits per heavy atom. The van der Waals surface area contributed by atoms with Gasteiger partial charge in [-0.1, -0.05) is 11.6 Å². The number of phenolic OH excluding ortho intramolecular Hbond substituents is 1. The number of alkyl halides is 2. The van der Waals surface area contributed by atoms with Gasteiger partial charge in [-0.05, 0) is 24.6 Å². The van der Waals surface area contributed by atoms with Crippen LogP contribution >= 0.6 is 11.6 Å². The van der Waals surface area contributed by atoms with Crippen molar-refractivity contribution in [1.29, 1.82) is 0 Å². The summed E-state index contributed by atoms with van der Waals surface area (Å²) in [5.41, 5.74) is 0.493. The zero-order valence-corrected chi connectivity index (χ0v) is 12.5. The van der Waals surface area contributed by atoms with Gasteiger partial charge >= 0.3 is 0 Å². The maximum absolute atomic E-state index is 14.3. The topological polar surface area (TPSA) is 55.7 Å². The first-order chi connectivity index (χ1) is 9.86. The van der Waals surface area contributed by atoms with Crippen LogP contribution in [0.4, 0.5) is 8.78 Å². The first-order valence-corrected chi connectivity index (χ1v) is 7.17. The van der Waals surface area contributed by atoms with Gasteiger partial charge < -0.3 is 15.5 Å². The average Bonchev–Trinajstić information content (AvgIpc) is 2.45. The highest BCUT2D eigenvalue weighted by atomic mass is 35.5. The molecule has 21 heavy (non-hydrogen) atoms. The van der Waals surface area contributed by atoms with Crippen molar-refractivity contribution in [2.24, 2.45) is 0 Å². The molecule has 1 aromatic rings. The van der Waals surface area contributed by atoms with Gasteiger partial charge in [0, 0.05) is 36.8 Å². The smallest absolute Gasteiger partial charge is 0.290 e. The zero-order valence-electron chi connectivity index (χ0n) is 11.7. The van der Waals surface area contributed by atoms with Crippen molar-refractivity contribution < 1.29 is 19.0 Å². The van der Waals surface area contributed by atoms with Gasteiger partial charge in [-0.15, -0.1) is 0 Å². The fourth-order valence-electron chi connectivity index (χ4n) is 2.69. The van der Waals surface area contributed by atoms with Gasteiger partial charge in [0.2, 0.25) is 0 Å². The highest BCUT2D eigenvalue weighted by molar-refractivity contribution is 6.30. The lowest BCUT2D eigenvalue weighted by Crippen LogP contribution is -2.51. The van der Waals surface area contributed by atoms with Crippen molar-refractivity contribution in [3.05, 3.63) is 28.3 Å². The predicted molar refractivity (Wildman–Crippen MR) is 77.1 cm³/mol. The molecule has 0 saturated carbocycles. The van der Waals surface area contributed by atoms with Crippen molar-refractivity contribution in [3.63, 3.8) is 0 Å². The van der Waals surface area contributed by atoms with Crippen LogP contribution in [0.2, 0.25) is 5.02 Å². The summed E-state index contributed by atoms with van der Waals surface area (Å²) in [7, 11) is 0. The van der Waals surface area contributed by atoms with E-state index < -0.39 is 18.6 Å². The van der Waals surface area contributed by atoms with Crippen LogP contribution < -0.4 is 5.32 Å². The molecule has 0 bridgehead atoms. The van der Waals surface area contributed by atoms with Crippen molar-refractivity contribution in [2.45, 2.75) is 18.9 Å². The molecule has 1 aromatic carbocycles. The number of aryl methyl sites for hydroxylation is 1. The lowest BCUT2D eigenvalue weighted by molar-refractivity contribution is -0.119. The standard InChI is InChI=1S/C14H19ClF2N2O2/c1-9-6-10(15)7-11(12(9)21)13(14(16,17)8-20)19-4-2-18-3-5-19/h6-7,13,18,20-21H,2-5,8H2,1H3/t13-/m0/s1. The average molecular weight is 321 g/mol. The summed E-state index contributed by atoms with van der Waals surface area (Å²) in [5, 5.41) is 22.6. The molecular weight excluding hydrogens is 302 g/mol. The van der Waals surface area contributed by atoms with Crippen LogP contribution in [-0.2, 0) is 0 Å². The molecule has 7 heteroatoms. The van der Waals surface area contributed by atoms with E-state index in [1.165, 1.54) is 12.1 Å². The lowest BCUT2D eigenvalue weighted by atomic mass is 9.95. The second kappa shape index (κ2) is 6.44. The minimum Gasteiger partial charge on any atom is -0.507 e. The number of hydrogen-bond donors (Lipinski definition) is 3. The second-order valence-corrected chi connectivity index (χ2v) is 5.70. The third-order valence-corrected chi connectivity index (χ3v) is 3.94. The third kappa shape index (κ3) is 3.45. The normalized spacial score (nSPS) is 18.7. The fraction of sp³-hybridized carbons (Fsp3) is 0.571. The number of aliphatic hydroxyl groups excluding tert-OH is 1. The molecule has 0 spiro atoms. The number of piperazine rings is 1. The van der Waals surface area contributed by atoms with E-state index in [1.54, 1.807) is 11.8 Å². The number of benzene rings is 1. The van der Waals surface area contributed by atoms with E-state index in [9.17, 15) is 13.9 Å². The first-order valence-electron chi connectivity index (χ1n) is 6.79. The summed E-state index contributed by atoms with van der Waals surface area (Å²) >= 11 is 5.95. The Morgan fingerprint density at radius 3 is 2.57 bits per heavy atom. The summed E-state index contributed by atoms with van der Waals surface area (Å²) < 4.78 is 28.5. The second-order valence-electron chi connectivity index (χ2n) is 5.27. The summed E-state index contributed by atoms with van der Waals surface area (Å²) in [6, 6.07) is 1.47. The van der Waals surface area contributed by atoms with Gasteiger partial charge in [-0.25, -0.2) is 8.78 Å². The molecule has 0 aromatic heterocycles. The summed E-state index contributed by atoms with van der Waals surface area (Å²) in [6.07, 6.45) is 0. The quantitative estimate of drug-likeness (QED) is 0.793. The van der Waals surface area contributed by atoms with Crippen LogP contribution in [0.3, 0.4) is 0 Å². The van der Waals surface area contributed by atoms with E-state index >= 15 is 0 Å². The van der Waals surface area contributed by atoms with Crippen molar-refractivity contribution in [1.82, 2.24) is 10.2 Å². The summed E-state index contributed by atoms with van der Waals surface area (Å²) in [4.78, 5) is 1.57. The summed E-state index contributed by atoms with van der Waals surface area (Å²) in [5.74, 6) is -3.57. The van der Waals surface area contributed by atoms with E-state index in [0.29, 0.717) is 31.7 Å². The maximum Gasteiger partial charge on any atom is 0.290 e. The molecule has 4 nitrogen and oxygen atoms in total. The number of phenols is 1. The number of nitrogens with one attached hydrogen (secondary N) is 1. The number of aromatic hydroxyl groups is 1. The number of rotatable bonds is 4. The molecule has 1 fully saturated rings. The Balaban J connectivity index is 2.49. The first kappa shape index (κ1) is 16.4.